The van der Waals surface area contributed by atoms with E-state index in [1.165, 1.54) is 0 Å². The van der Waals surface area contributed by atoms with E-state index in [1.54, 1.807) is 0 Å². The molecule has 1 N–H and O–H groups in total. The van der Waals surface area contributed by atoms with Crippen molar-refractivity contribution in [1.82, 2.24) is 0 Å². The van der Waals surface area contributed by atoms with Crippen molar-refractivity contribution in [3.8, 4) is 0 Å². The quantitative estimate of drug-likeness (QED) is 0.600. The Kier molecular flexibility index (Phi) is 4.37. The second-order valence-electron chi connectivity index (χ2n) is 3.97. The second-order valence-corrected chi connectivity index (χ2v) is 4.35. The number of benzene rings is 1. The molecular weight excluding hydrogens is 208 g/mol. The van der Waals surface area contributed by atoms with Crippen LogP contribution in [0.1, 0.15) is 25.3 Å². The predicted octanol–water partition coefficient (Wildman–Crippen LogP) is 3.47. The zero-order chi connectivity index (χ0) is 11.3. The molecule has 1 rings (SSSR count). The summed E-state index contributed by atoms with van der Waals surface area (Å²) >= 11 is 5.73. The van der Waals surface area contributed by atoms with Crippen molar-refractivity contribution in [1.29, 1.82) is 0 Å². The average Bonchev–Trinajstić information content (AvgIpc) is 2.18. The van der Waals surface area contributed by atoms with Gasteiger partial charge in [0, 0.05) is 12.3 Å². The first kappa shape index (κ1) is 12.3. The highest BCUT2D eigenvalue weighted by molar-refractivity contribution is 6.17. The van der Waals surface area contributed by atoms with Gasteiger partial charge in [0.25, 0.3) is 0 Å². The minimum Gasteiger partial charge on any atom is -0.385 e. The van der Waals surface area contributed by atoms with Gasteiger partial charge in [-0.2, -0.15) is 0 Å². The first-order valence-electron chi connectivity index (χ1n) is 5.07. The number of halogens is 1. The highest BCUT2D eigenvalue weighted by Crippen LogP contribution is 2.31. The molecule has 0 heterocycles. The number of hydrogen-bond donors (Lipinski definition) is 1. The van der Waals surface area contributed by atoms with Crippen LogP contribution in [0.5, 0.6) is 0 Å². The van der Waals surface area contributed by atoms with Gasteiger partial charge in [-0.3, -0.25) is 0 Å². The topological polar surface area (TPSA) is 20.2 Å². The number of aliphatic hydroxyl groups is 1. The van der Waals surface area contributed by atoms with E-state index >= 15 is 0 Å². The van der Waals surface area contributed by atoms with E-state index in [0.717, 1.165) is 11.1 Å². The fourth-order valence-electron chi connectivity index (χ4n) is 1.74. The smallest absolute Gasteiger partial charge is 0.0944 e. The zero-order valence-corrected chi connectivity index (χ0v) is 9.80. The molecule has 0 bridgehead atoms. The SMILES string of the molecule is C=C(C)C[C@](O)(CCCl)c1ccccc1. The van der Waals surface area contributed by atoms with Gasteiger partial charge in [0.05, 0.1) is 5.60 Å². The van der Waals surface area contributed by atoms with Crippen LogP contribution in [0.4, 0.5) is 0 Å². The molecule has 2 heteroatoms. The van der Waals surface area contributed by atoms with Crippen molar-refractivity contribution < 1.29 is 5.11 Å². The van der Waals surface area contributed by atoms with Gasteiger partial charge in [-0.1, -0.05) is 35.9 Å². The maximum Gasteiger partial charge on any atom is 0.0944 e. The van der Waals surface area contributed by atoms with E-state index in [2.05, 4.69) is 6.58 Å². The molecule has 1 aromatic carbocycles. The predicted molar refractivity (Wildman–Crippen MR) is 65.1 cm³/mol. The lowest BCUT2D eigenvalue weighted by Gasteiger charge is -2.28. The summed E-state index contributed by atoms with van der Waals surface area (Å²) in [5.74, 6) is 0.443. The fraction of sp³-hybridized carbons (Fsp3) is 0.385. The molecule has 1 nitrogen and oxygen atoms in total. The molecule has 1 atom stereocenters. The molecule has 0 fully saturated rings. The lowest BCUT2D eigenvalue weighted by molar-refractivity contribution is 0.0338. The van der Waals surface area contributed by atoms with Crippen LogP contribution in [-0.4, -0.2) is 11.0 Å². The van der Waals surface area contributed by atoms with Crippen LogP contribution in [0, 0.1) is 0 Å². The lowest BCUT2D eigenvalue weighted by Crippen LogP contribution is -2.26. The molecular formula is C13H17ClO. The van der Waals surface area contributed by atoms with E-state index in [0.29, 0.717) is 18.7 Å². The summed E-state index contributed by atoms with van der Waals surface area (Å²) < 4.78 is 0. The van der Waals surface area contributed by atoms with Crippen LogP contribution < -0.4 is 0 Å². The third-order valence-electron chi connectivity index (χ3n) is 2.41. The molecule has 0 spiro atoms. The zero-order valence-electron chi connectivity index (χ0n) is 9.04. The molecule has 0 aromatic heterocycles. The van der Waals surface area contributed by atoms with Crippen LogP contribution in [0.2, 0.25) is 0 Å². The van der Waals surface area contributed by atoms with E-state index in [1.807, 2.05) is 37.3 Å². The van der Waals surface area contributed by atoms with Crippen LogP contribution in [0.25, 0.3) is 0 Å². The standard InChI is InChI=1S/C13H17ClO/c1-11(2)10-13(15,8-9-14)12-6-4-3-5-7-12/h3-7,15H,1,8-10H2,2H3/t13-/m1/s1. The number of hydrogen-bond acceptors (Lipinski definition) is 1. The maximum absolute atomic E-state index is 10.5. The monoisotopic (exact) mass is 224 g/mol. The van der Waals surface area contributed by atoms with E-state index in [-0.39, 0.29) is 0 Å². The molecule has 82 valence electrons. The van der Waals surface area contributed by atoms with Crippen LogP contribution in [0.3, 0.4) is 0 Å². The Morgan fingerprint density at radius 3 is 2.47 bits per heavy atom. The Morgan fingerprint density at radius 1 is 1.40 bits per heavy atom. The first-order chi connectivity index (χ1) is 7.08. The van der Waals surface area contributed by atoms with E-state index < -0.39 is 5.60 Å². The Labute approximate surface area is 96.4 Å². The average molecular weight is 225 g/mol. The minimum atomic E-state index is -0.866. The van der Waals surface area contributed by atoms with Crippen LogP contribution in [0.15, 0.2) is 42.5 Å². The maximum atomic E-state index is 10.5. The van der Waals surface area contributed by atoms with Crippen LogP contribution >= 0.6 is 11.6 Å². The van der Waals surface area contributed by atoms with E-state index in [4.69, 9.17) is 11.6 Å². The third kappa shape index (κ3) is 3.37. The lowest BCUT2D eigenvalue weighted by atomic mass is 9.85. The highest BCUT2D eigenvalue weighted by Gasteiger charge is 2.28. The molecule has 0 radical (unpaired) electrons. The van der Waals surface area contributed by atoms with Gasteiger partial charge in [0.1, 0.15) is 0 Å². The molecule has 0 unspecified atom stereocenters. The van der Waals surface area contributed by atoms with Crippen molar-refractivity contribution in [3.63, 3.8) is 0 Å². The summed E-state index contributed by atoms with van der Waals surface area (Å²) in [7, 11) is 0. The summed E-state index contributed by atoms with van der Waals surface area (Å²) in [6.45, 7) is 5.76. The summed E-state index contributed by atoms with van der Waals surface area (Å²) in [4.78, 5) is 0. The van der Waals surface area contributed by atoms with Crippen molar-refractivity contribution in [2.45, 2.75) is 25.4 Å². The molecule has 15 heavy (non-hydrogen) atoms. The summed E-state index contributed by atoms with van der Waals surface area (Å²) in [6.07, 6.45) is 1.11. The van der Waals surface area contributed by atoms with Crippen molar-refractivity contribution >= 4 is 11.6 Å². The molecule has 0 saturated heterocycles. The fourth-order valence-corrected chi connectivity index (χ4v) is 2.05. The van der Waals surface area contributed by atoms with Gasteiger partial charge >= 0.3 is 0 Å². The van der Waals surface area contributed by atoms with E-state index in [9.17, 15) is 5.11 Å². The van der Waals surface area contributed by atoms with Gasteiger partial charge in [-0.25, -0.2) is 0 Å². The summed E-state index contributed by atoms with van der Waals surface area (Å²) in [5.41, 5.74) is 1.01. The molecule has 0 saturated carbocycles. The van der Waals surface area contributed by atoms with Gasteiger partial charge in [0.15, 0.2) is 0 Å². The van der Waals surface area contributed by atoms with Gasteiger partial charge in [-0.05, 0) is 18.9 Å². The molecule has 0 aliphatic carbocycles. The van der Waals surface area contributed by atoms with Crippen molar-refractivity contribution in [2.75, 3.05) is 5.88 Å². The Balaban J connectivity index is 2.95. The third-order valence-corrected chi connectivity index (χ3v) is 2.60. The number of rotatable bonds is 5. The largest absolute Gasteiger partial charge is 0.385 e. The van der Waals surface area contributed by atoms with Crippen LogP contribution in [-0.2, 0) is 5.60 Å². The molecule has 0 aliphatic heterocycles. The minimum absolute atomic E-state index is 0.443. The van der Waals surface area contributed by atoms with Gasteiger partial charge < -0.3 is 5.11 Å². The number of alkyl halides is 1. The molecule has 0 aliphatic rings. The van der Waals surface area contributed by atoms with Gasteiger partial charge in [0.2, 0.25) is 0 Å². The Morgan fingerprint density at radius 2 is 2.00 bits per heavy atom. The Hall–Kier alpha value is -0.790. The van der Waals surface area contributed by atoms with Crippen molar-refractivity contribution in [3.05, 3.63) is 48.0 Å². The highest BCUT2D eigenvalue weighted by atomic mass is 35.5. The summed E-state index contributed by atoms with van der Waals surface area (Å²) in [6, 6.07) is 9.64. The normalized spacial score (nSPS) is 14.6. The molecule has 1 aromatic rings. The molecule has 0 amide bonds. The van der Waals surface area contributed by atoms with Crippen molar-refractivity contribution in [2.24, 2.45) is 0 Å². The first-order valence-corrected chi connectivity index (χ1v) is 5.60. The second kappa shape index (κ2) is 5.34. The van der Waals surface area contributed by atoms with Gasteiger partial charge in [-0.15, -0.1) is 18.2 Å². The summed E-state index contributed by atoms with van der Waals surface area (Å²) in [5, 5.41) is 10.5. The Bertz CT molecular complexity index is 321.